The second kappa shape index (κ2) is 9.14. The van der Waals surface area contributed by atoms with Gasteiger partial charge in [-0.05, 0) is 42.5 Å². The SMILES string of the molecule is COC(=O)c1cccc(NC(=O)CC(=O)Nc2ccc(NC(C)=O)cc2)c1. The first-order valence-electron chi connectivity index (χ1n) is 8.03. The maximum absolute atomic E-state index is 12.0. The van der Waals surface area contributed by atoms with Crippen molar-refractivity contribution < 1.29 is 23.9 Å². The van der Waals surface area contributed by atoms with Crippen molar-refractivity contribution in [3.05, 3.63) is 54.1 Å². The minimum Gasteiger partial charge on any atom is -0.465 e. The molecule has 0 radical (unpaired) electrons. The van der Waals surface area contributed by atoms with E-state index in [1.807, 2.05) is 0 Å². The predicted molar refractivity (Wildman–Crippen MR) is 100 cm³/mol. The van der Waals surface area contributed by atoms with E-state index >= 15 is 0 Å². The average Bonchev–Trinajstić information content (AvgIpc) is 2.62. The van der Waals surface area contributed by atoms with Crippen molar-refractivity contribution >= 4 is 40.8 Å². The Morgan fingerprint density at radius 3 is 1.93 bits per heavy atom. The van der Waals surface area contributed by atoms with Crippen molar-refractivity contribution in [1.29, 1.82) is 0 Å². The second-order valence-electron chi connectivity index (χ2n) is 5.60. The number of ether oxygens (including phenoxy) is 1. The van der Waals surface area contributed by atoms with Crippen LogP contribution in [0.3, 0.4) is 0 Å². The Hall–Kier alpha value is -3.68. The summed E-state index contributed by atoms with van der Waals surface area (Å²) in [7, 11) is 1.26. The number of benzene rings is 2. The molecule has 0 unspecified atom stereocenters. The van der Waals surface area contributed by atoms with Crippen LogP contribution >= 0.6 is 0 Å². The molecule has 2 rings (SSSR count). The lowest BCUT2D eigenvalue weighted by Gasteiger charge is -2.08. The van der Waals surface area contributed by atoms with E-state index in [1.165, 1.54) is 20.1 Å². The van der Waals surface area contributed by atoms with Gasteiger partial charge < -0.3 is 20.7 Å². The molecule has 2 aromatic carbocycles. The maximum Gasteiger partial charge on any atom is 0.337 e. The molecule has 0 aliphatic carbocycles. The van der Waals surface area contributed by atoms with E-state index in [4.69, 9.17) is 0 Å². The molecular weight excluding hydrogens is 350 g/mol. The van der Waals surface area contributed by atoms with E-state index in [-0.39, 0.29) is 5.91 Å². The van der Waals surface area contributed by atoms with Crippen LogP contribution in [-0.4, -0.2) is 30.8 Å². The van der Waals surface area contributed by atoms with Crippen LogP contribution in [0.5, 0.6) is 0 Å². The Balaban J connectivity index is 1.89. The monoisotopic (exact) mass is 369 g/mol. The van der Waals surface area contributed by atoms with Crippen LogP contribution in [0.4, 0.5) is 17.1 Å². The van der Waals surface area contributed by atoms with Crippen molar-refractivity contribution in [3.63, 3.8) is 0 Å². The first-order chi connectivity index (χ1) is 12.9. The van der Waals surface area contributed by atoms with Crippen LogP contribution in [0.2, 0.25) is 0 Å². The Labute approximate surface area is 155 Å². The predicted octanol–water partition coefficient (Wildman–Crippen LogP) is 2.40. The molecule has 0 saturated heterocycles. The van der Waals surface area contributed by atoms with E-state index in [0.717, 1.165) is 0 Å². The molecule has 8 heteroatoms. The van der Waals surface area contributed by atoms with Gasteiger partial charge in [0, 0.05) is 24.0 Å². The highest BCUT2D eigenvalue weighted by molar-refractivity contribution is 6.08. The van der Waals surface area contributed by atoms with Crippen molar-refractivity contribution in [2.24, 2.45) is 0 Å². The Kier molecular flexibility index (Phi) is 6.65. The molecule has 3 amide bonds. The first kappa shape index (κ1) is 19.6. The molecule has 0 aliphatic heterocycles. The van der Waals surface area contributed by atoms with Crippen molar-refractivity contribution in [2.75, 3.05) is 23.1 Å². The van der Waals surface area contributed by atoms with E-state index < -0.39 is 24.2 Å². The lowest BCUT2D eigenvalue weighted by Crippen LogP contribution is -2.21. The van der Waals surface area contributed by atoms with Gasteiger partial charge in [0.15, 0.2) is 0 Å². The summed E-state index contributed by atoms with van der Waals surface area (Å²) in [5.41, 5.74) is 1.77. The standard InChI is InChI=1S/C19H19N3O5/c1-12(23)20-14-6-8-15(9-7-14)21-17(24)11-18(25)22-16-5-3-4-13(10-16)19(26)27-2/h3-10H,11H2,1-2H3,(H,20,23)(H,21,24)(H,22,25). The number of carbonyl (C=O) groups is 4. The first-order valence-corrected chi connectivity index (χ1v) is 8.03. The molecule has 0 aromatic heterocycles. The van der Waals surface area contributed by atoms with Gasteiger partial charge in [-0.1, -0.05) is 6.07 Å². The van der Waals surface area contributed by atoms with Gasteiger partial charge in [-0.3, -0.25) is 14.4 Å². The van der Waals surface area contributed by atoms with Gasteiger partial charge in [-0.25, -0.2) is 4.79 Å². The van der Waals surface area contributed by atoms with Gasteiger partial charge in [-0.2, -0.15) is 0 Å². The summed E-state index contributed by atoms with van der Waals surface area (Å²) in [5, 5.41) is 7.76. The smallest absolute Gasteiger partial charge is 0.337 e. The van der Waals surface area contributed by atoms with Crippen molar-refractivity contribution in [3.8, 4) is 0 Å². The number of carbonyl (C=O) groups excluding carboxylic acids is 4. The molecule has 0 saturated carbocycles. The molecular formula is C19H19N3O5. The molecule has 0 heterocycles. The molecule has 0 bridgehead atoms. The van der Waals surface area contributed by atoms with Crippen LogP contribution in [0, 0.1) is 0 Å². The van der Waals surface area contributed by atoms with E-state index in [0.29, 0.717) is 22.6 Å². The zero-order valence-electron chi connectivity index (χ0n) is 14.9. The van der Waals surface area contributed by atoms with Crippen molar-refractivity contribution in [1.82, 2.24) is 0 Å². The highest BCUT2D eigenvalue weighted by Gasteiger charge is 2.12. The summed E-state index contributed by atoms with van der Waals surface area (Å²) >= 11 is 0. The quantitative estimate of drug-likeness (QED) is 0.534. The number of nitrogens with one attached hydrogen (secondary N) is 3. The highest BCUT2D eigenvalue weighted by atomic mass is 16.5. The number of hydrogen-bond donors (Lipinski definition) is 3. The number of esters is 1. The zero-order valence-corrected chi connectivity index (χ0v) is 14.9. The van der Waals surface area contributed by atoms with Crippen LogP contribution < -0.4 is 16.0 Å². The van der Waals surface area contributed by atoms with E-state index in [1.54, 1.807) is 42.5 Å². The normalized spacial score (nSPS) is 9.85. The van der Waals surface area contributed by atoms with E-state index in [2.05, 4.69) is 20.7 Å². The largest absolute Gasteiger partial charge is 0.465 e. The van der Waals surface area contributed by atoms with Gasteiger partial charge in [0.25, 0.3) is 0 Å². The molecule has 27 heavy (non-hydrogen) atoms. The van der Waals surface area contributed by atoms with Gasteiger partial charge in [0.2, 0.25) is 17.7 Å². The van der Waals surface area contributed by atoms with Crippen molar-refractivity contribution in [2.45, 2.75) is 13.3 Å². The van der Waals surface area contributed by atoms with Crippen LogP contribution in [0.1, 0.15) is 23.7 Å². The number of hydrogen-bond acceptors (Lipinski definition) is 5. The number of amides is 3. The molecule has 0 fully saturated rings. The Morgan fingerprint density at radius 1 is 0.815 bits per heavy atom. The molecule has 0 atom stereocenters. The lowest BCUT2D eigenvalue weighted by atomic mass is 10.2. The van der Waals surface area contributed by atoms with Gasteiger partial charge in [-0.15, -0.1) is 0 Å². The zero-order chi connectivity index (χ0) is 19.8. The summed E-state index contributed by atoms with van der Waals surface area (Å²) in [6, 6.07) is 12.7. The van der Waals surface area contributed by atoms with Gasteiger partial charge >= 0.3 is 5.97 Å². The maximum atomic E-state index is 12.0. The number of rotatable bonds is 6. The number of methoxy groups -OCH3 is 1. The fraction of sp³-hybridized carbons (Fsp3) is 0.158. The molecule has 0 spiro atoms. The Morgan fingerprint density at radius 2 is 1.37 bits per heavy atom. The fourth-order valence-corrected chi connectivity index (χ4v) is 2.24. The molecule has 3 N–H and O–H groups in total. The fourth-order valence-electron chi connectivity index (χ4n) is 2.24. The Bertz CT molecular complexity index is 862. The van der Waals surface area contributed by atoms with E-state index in [9.17, 15) is 19.2 Å². The molecule has 140 valence electrons. The third-order valence-corrected chi connectivity index (χ3v) is 3.38. The number of anilines is 3. The summed E-state index contributed by atoms with van der Waals surface area (Å²) in [6.45, 7) is 1.40. The van der Waals surface area contributed by atoms with Crippen LogP contribution in [-0.2, 0) is 19.1 Å². The summed E-state index contributed by atoms with van der Waals surface area (Å²) in [5.74, 6) is -1.74. The van der Waals surface area contributed by atoms with Crippen LogP contribution in [0.25, 0.3) is 0 Å². The van der Waals surface area contributed by atoms with Gasteiger partial charge in [0.05, 0.1) is 12.7 Å². The molecule has 8 nitrogen and oxygen atoms in total. The molecule has 2 aromatic rings. The lowest BCUT2D eigenvalue weighted by molar-refractivity contribution is -0.123. The van der Waals surface area contributed by atoms with Crippen LogP contribution in [0.15, 0.2) is 48.5 Å². The molecule has 0 aliphatic rings. The highest BCUT2D eigenvalue weighted by Crippen LogP contribution is 2.15. The average molecular weight is 369 g/mol. The minimum absolute atomic E-state index is 0.195. The minimum atomic E-state index is -0.524. The second-order valence-corrected chi connectivity index (χ2v) is 5.60. The third kappa shape index (κ3) is 6.28. The topological polar surface area (TPSA) is 114 Å². The summed E-state index contributed by atoms with van der Waals surface area (Å²) < 4.78 is 4.62. The van der Waals surface area contributed by atoms with Gasteiger partial charge in [0.1, 0.15) is 6.42 Å². The third-order valence-electron chi connectivity index (χ3n) is 3.38. The summed E-state index contributed by atoms with van der Waals surface area (Å²) in [6.07, 6.45) is -0.393. The summed E-state index contributed by atoms with van der Waals surface area (Å²) in [4.78, 5) is 46.4.